The molecule has 0 spiro atoms. The van der Waals surface area contributed by atoms with E-state index in [-0.39, 0.29) is 63.8 Å². The molecular formula is C28H32Fe2S2-4. The monoisotopic (exact) mass is 544 g/mol. The van der Waals surface area contributed by atoms with E-state index >= 15 is 0 Å². The molecule has 32 heavy (non-hydrogen) atoms. The Morgan fingerprint density at radius 1 is 0.719 bits per heavy atom. The number of hydrogen-bond donors (Lipinski definition) is 0. The molecule has 0 bridgehead atoms. The van der Waals surface area contributed by atoms with Crippen LogP contribution in [0.2, 0.25) is 0 Å². The van der Waals surface area contributed by atoms with Crippen LogP contribution in [-0.4, -0.2) is 5.37 Å². The fourth-order valence-electron chi connectivity index (χ4n) is 2.30. The van der Waals surface area contributed by atoms with E-state index < -0.39 is 0 Å². The van der Waals surface area contributed by atoms with Gasteiger partial charge in [0.2, 0.25) is 0 Å². The molecule has 3 aromatic rings. The summed E-state index contributed by atoms with van der Waals surface area (Å²) in [6.45, 7) is 0. The molecule has 0 saturated carbocycles. The van der Waals surface area contributed by atoms with Gasteiger partial charge in [-0.3, -0.25) is 23.9 Å². The van der Waals surface area contributed by atoms with Gasteiger partial charge < -0.3 is 35.3 Å². The van der Waals surface area contributed by atoms with Crippen molar-refractivity contribution < 1.29 is 34.1 Å². The zero-order valence-corrected chi connectivity index (χ0v) is 22.9. The zero-order valence-electron chi connectivity index (χ0n) is 19.1. The Kier molecular flexibility index (Phi) is 26.8. The minimum atomic E-state index is 0. The van der Waals surface area contributed by atoms with Crippen LogP contribution in [0.5, 0.6) is 0 Å². The van der Waals surface area contributed by atoms with Crippen molar-refractivity contribution in [3.05, 3.63) is 166 Å². The van der Waals surface area contributed by atoms with Crippen LogP contribution in [0.4, 0.5) is 0 Å². The van der Waals surface area contributed by atoms with Gasteiger partial charge >= 0.3 is 34.1 Å². The minimum Gasteiger partial charge on any atom is -0.358 e. The Morgan fingerprint density at radius 3 is 1.66 bits per heavy atom. The molecule has 0 atom stereocenters. The molecule has 4 heteroatoms. The Bertz CT molecular complexity index is 763. The van der Waals surface area contributed by atoms with E-state index in [0.717, 1.165) is 0 Å². The SMILES string of the molecule is C1=CC(=C2[CH-][S+]=C[C-](c3ccc[cH-]3)S2)C=C1.[CH3-].[CH3-].[CH3-].[CH3-].[Fe+2].[Fe+2].c1cc[cH-]c1.c1cc[cH-]c1. The van der Waals surface area contributed by atoms with Crippen LogP contribution in [-0.2, 0) is 45.5 Å². The predicted octanol–water partition coefficient (Wildman–Crippen LogP) is 8.07. The number of thioether (sulfide) groups is 1. The molecule has 176 valence electrons. The first-order chi connectivity index (χ1) is 12.9. The molecule has 0 radical (unpaired) electrons. The first-order valence-electron chi connectivity index (χ1n) is 8.45. The fourth-order valence-corrected chi connectivity index (χ4v) is 4.35. The van der Waals surface area contributed by atoms with Gasteiger partial charge in [0.1, 0.15) is 0 Å². The number of rotatable bonds is 1. The van der Waals surface area contributed by atoms with Crippen molar-refractivity contribution in [3.63, 3.8) is 0 Å². The third-order valence-corrected chi connectivity index (χ3v) is 5.76. The molecule has 3 aromatic carbocycles. The van der Waals surface area contributed by atoms with Gasteiger partial charge in [0, 0.05) is 0 Å². The van der Waals surface area contributed by atoms with Crippen LogP contribution in [0.25, 0.3) is 0 Å². The predicted molar refractivity (Wildman–Crippen MR) is 145 cm³/mol. The normalized spacial score (nSPS) is 11.7. The van der Waals surface area contributed by atoms with E-state index in [9.17, 15) is 0 Å². The quantitative estimate of drug-likeness (QED) is 0.129. The van der Waals surface area contributed by atoms with Gasteiger partial charge in [-0.1, -0.05) is 12.2 Å². The van der Waals surface area contributed by atoms with Gasteiger partial charge in [-0.25, -0.2) is 24.3 Å². The average Bonchev–Trinajstić information content (AvgIpc) is 3.50. The first kappa shape index (κ1) is 37.8. The van der Waals surface area contributed by atoms with Gasteiger partial charge in [0.05, 0.1) is 22.5 Å². The largest absolute Gasteiger partial charge is 2.00 e. The Morgan fingerprint density at radius 2 is 1.25 bits per heavy atom. The second-order valence-electron chi connectivity index (χ2n) is 5.47. The minimum absolute atomic E-state index is 0. The van der Waals surface area contributed by atoms with Crippen molar-refractivity contribution >= 4 is 28.5 Å². The van der Waals surface area contributed by atoms with Crippen molar-refractivity contribution in [2.24, 2.45) is 0 Å². The molecule has 0 aromatic heterocycles. The summed E-state index contributed by atoms with van der Waals surface area (Å²) in [4.78, 5) is 1.34. The van der Waals surface area contributed by atoms with E-state index in [2.05, 4.69) is 59.7 Å². The zero-order chi connectivity index (χ0) is 17.9. The molecule has 0 saturated heterocycles. The second-order valence-corrected chi connectivity index (χ2v) is 7.30. The van der Waals surface area contributed by atoms with Gasteiger partial charge in [-0.05, 0) is 0 Å². The molecule has 1 heterocycles. The maximum absolute atomic E-state index is 2.21. The van der Waals surface area contributed by atoms with Crippen LogP contribution in [0.1, 0.15) is 5.56 Å². The summed E-state index contributed by atoms with van der Waals surface area (Å²) in [7, 11) is 0. The second kappa shape index (κ2) is 22.7. The summed E-state index contributed by atoms with van der Waals surface area (Å²) in [5.74, 6) is 2.21. The molecule has 0 nitrogen and oxygen atoms in total. The van der Waals surface area contributed by atoms with Gasteiger partial charge in [0.25, 0.3) is 0 Å². The summed E-state index contributed by atoms with van der Waals surface area (Å²) in [5.41, 5.74) is 2.63. The summed E-state index contributed by atoms with van der Waals surface area (Å²) >= 11 is 3.61. The van der Waals surface area contributed by atoms with Crippen LogP contribution in [0.15, 0.2) is 120 Å². The van der Waals surface area contributed by atoms with Gasteiger partial charge in [-0.15, -0.1) is 17.1 Å². The standard InChI is InChI=1S/C14H10S2.2C5H5.4CH3.2Fe/c1-2-6-11(5-1)13-9-15-10-14(16-13)12-7-3-4-8-12;2*1-2-4-5-3-1;;;;;;/h1-10H;2*1-5H;4*1H3;;/q-2;6*-1;2*+2. The van der Waals surface area contributed by atoms with E-state index in [1.54, 1.807) is 11.4 Å². The van der Waals surface area contributed by atoms with E-state index in [0.29, 0.717) is 0 Å². The van der Waals surface area contributed by atoms with Gasteiger partial charge in [0.15, 0.2) is 0 Å². The fraction of sp³-hybridized carbons (Fsp3) is 0. The first-order valence-corrected chi connectivity index (χ1v) is 10.2. The van der Waals surface area contributed by atoms with Crippen molar-refractivity contribution in [2.75, 3.05) is 0 Å². The molecule has 1 aliphatic carbocycles. The number of hydrogen-bond acceptors (Lipinski definition) is 1. The van der Waals surface area contributed by atoms with Gasteiger partial charge in [-0.2, -0.15) is 59.4 Å². The van der Waals surface area contributed by atoms with Crippen LogP contribution in [0.3, 0.4) is 0 Å². The van der Waals surface area contributed by atoms with Crippen molar-refractivity contribution in [2.45, 2.75) is 0 Å². The Labute approximate surface area is 227 Å². The molecule has 1 aliphatic heterocycles. The third kappa shape index (κ3) is 13.1. The summed E-state index contributed by atoms with van der Waals surface area (Å²) in [6.07, 6.45) is 8.49. The third-order valence-electron chi connectivity index (χ3n) is 3.58. The number of allylic oxidation sites excluding steroid dienone is 5. The molecule has 0 amide bonds. The smallest absolute Gasteiger partial charge is 0.358 e. The van der Waals surface area contributed by atoms with E-state index in [1.807, 2.05) is 72.4 Å². The van der Waals surface area contributed by atoms with E-state index in [4.69, 9.17) is 0 Å². The van der Waals surface area contributed by atoms with E-state index in [1.165, 1.54) is 21.3 Å². The van der Waals surface area contributed by atoms with Crippen LogP contribution < -0.4 is 0 Å². The van der Waals surface area contributed by atoms with Crippen molar-refractivity contribution in [1.82, 2.24) is 0 Å². The van der Waals surface area contributed by atoms with Crippen molar-refractivity contribution in [3.8, 4) is 0 Å². The molecule has 0 fully saturated rings. The maximum Gasteiger partial charge on any atom is 2.00 e. The molecule has 0 N–H and O–H groups in total. The molecule has 5 rings (SSSR count). The van der Waals surface area contributed by atoms with Crippen LogP contribution >= 0.6 is 11.8 Å². The summed E-state index contributed by atoms with van der Waals surface area (Å²) in [6, 6.07) is 28.5. The average molecular weight is 544 g/mol. The topological polar surface area (TPSA) is 0 Å². The Balaban J connectivity index is -0.000000209. The maximum atomic E-state index is 2.21. The molecule has 0 unspecified atom stereocenters. The molecular weight excluding hydrogens is 512 g/mol. The Hall–Kier alpha value is -1.51. The molecule has 2 aliphatic rings. The summed E-state index contributed by atoms with van der Waals surface area (Å²) in [5, 5.41) is 3.56. The van der Waals surface area contributed by atoms with Crippen molar-refractivity contribution in [1.29, 1.82) is 0 Å². The summed E-state index contributed by atoms with van der Waals surface area (Å²) < 4.78 is 0. The van der Waals surface area contributed by atoms with Crippen LogP contribution in [0, 0.1) is 40.7 Å².